The number of anilines is 1. The van der Waals surface area contributed by atoms with Gasteiger partial charge in [-0.05, 0) is 49.4 Å². The molecule has 6 aromatic rings. The van der Waals surface area contributed by atoms with Crippen LogP contribution in [0.4, 0.5) is 5.69 Å². The number of aromatic nitrogens is 5. The predicted molar refractivity (Wildman–Crippen MR) is 151 cm³/mol. The molecule has 0 aliphatic rings. The van der Waals surface area contributed by atoms with Gasteiger partial charge in [0, 0.05) is 43.4 Å². The normalized spacial score (nSPS) is 11.9. The number of fused-ring (bicyclic) bond motifs is 2. The summed E-state index contributed by atoms with van der Waals surface area (Å²) < 4.78 is 0. The zero-order valence-corrected chi connectivity index (χ0v) is 21.8. The number of hydrogen-bond donors (Lipinski definition) is 3. The van der Waals surface area contributed by atoms with E-state index in [0.717, 1.165) is 44.6 Å². The quantitative estimate of drug-likeness (QED) is 0.236. The lowest BCUT2D eigenvalue weighted by Crippen LogP contribution is -2.27. The summed E-state index contributed by atoms with van der Waals surface area (Å²) in [5.41, 5.74) is 7.22. The van der Waals surface area contributed by atoms with Crippen molar-refractivity contribution in [1.82, 2.24) is 25.1 Å². The fourth-order valence-corrected chi connectivity index (χ4v) is 5.20. The van der Waals surface area contributed by atoms with Gasteiger partial charge in [0.25, 0.3) is 0 Å². The van der Waals surface area contributed by atoms with Crippen LogP contribution in [0.1, 0.15) is 25.6 Å². The summed E-state index contributed by atoms with van der Waals surface area (Å²) >= 11 is 1.79. The number of benzene rings is 1. The highest BCUT2D eigenvalue weighted by Crippen LogP contribution is 2.36. The number of carbonyl (C=O) groups is 1. The first-order valence-corrected chi connectivity index (χ1v) is 12.9. The number of aromatic amines is 2. The van der Waals surface area contributed by atoms with Crippen LogP contribution in [0.5, 0.6) is 0 Å². The summed E-state index contributed by atoms with van der Waals surface area (Å²) in [5.74, 6) is -0.0668. The number of H-pyrrole nitrogens is 2. The van der Waals surface area contributed by atoms with Gasteiger partial charge in [0.1, 0.15) is 11.2 Å². The predicted octanol–water partition coefficient (Wildman–Crippen LogP) is 7.19. The molecule has 8 heteroatoms. The van der Waals surface area contributed by atoms with Crippen LogP contribution in [0.2, 0.25) is 0 Å². The Balaban J connectivity index is 1.40. The molecule has 6 rings (SSSR count). The van der Waals surface area contributed by atoms with Gasteiger partial charge in [-0.3, -0.25) is 14.9 Å². The molecule has 37 heavy (non-hydrogen) atoms. The number of nitrogens with zero attached hydrogens (tertiary/aromatic N) is 3. The molecule has 0 unspecified atom stereocenters. The molecule has 0 atom stereocenters. The molecule has 0 saturated heterocycles. The summed E-state index contributed by atoms with van der Waals surface area (Å²) in [6.07, 6.45) is 3.39. The van der Waals surface area contributed by atoms with Crippen molar-refractivity contribution in [2.45, 2.75) is 27.7 Å². The Morgan fingerprint density at radius 2 is 1.86 bits per heavy atom. The van der Waals surface area contributed by atoms with Crippen molar-refractivity contribution >= 4 is 44.9 Å². The number of thiophene rings is 1. The van der Waals surface area contributed by atoms with Crippen molar-refractivity contribution in [1.29, 1.82) is 0 Å². The van der Waals surface area contributed by atoms with E-state index in [0.29, 0.717) is 5.69 Å². The molecule has 1 aromatic carbocycles. The molecule has 0 aliphatic heterocycles. The molecule has 0 fully saturated rings. The summed E-state index contributed by atoms with van der Waals surface area (Å²) in [5, 5.41) is 11.8. The number of rotatable bonds is 4. The van der Waals surface area contributed by atoms with Gasteiger partial charge in [0.15, 0.2) is 0 Å². The van der Waals surface area contributed by atoms with E-state index in [-0.39, 0.29) is 5.91 Å². The van der Waals surface area contributed by atoms with Gasteiger partial charge in [-0.15, -0.1) is 11.3 Å². The number of carbonyl (C=O) groups excluding carboxylic acids is 1. The summed E-state index contributed by atoms with van der Waals surface area (Å²) in [7, 11) is 0. The molecule has 0 radical (unpaired) electrons. The average Bonchev–Trinajstić information content (AvgIpc) is 3.60. The minimum Gasteiger partial charge on any atom is -0.353 e. The first-order chi connectivity index (χ1) is 17.8. The molecule has 1 amide bonds. The zero-order chi connectivity index (χ0) is 25.7. The van der Waals surface area contributed by atoms with E-state index in [4.69, 9.17) is 4.98 Å². The largest absolute Gasteiger partial charge is 0.353 e. The Morgan fingerprint density at radius 1 is 1.00 bits per heavy atom. The number of hydrogen-bond acceptors (Lipinski definition) is 5. The van der Waals surface area contributed by atoms with Gasteiger partial charge < -0.3 is 10.3 Å². The van der Waals surface area contributed by atoms with E-state index >= 15 is 0 Å². The Kier molecular flexibility index (Phi) is 5.42. The van der Waals surface area contributed by atoms with E-state index in [1.807, 2.05) is 39.0 Å². The minimum atomic E-state index is -0.499. The monoisotopic (exact) mass is 506 g/mol. The maximum atomic E-state index is 12.4. The molecule has 0 spiro atoms. The summed E-state index contributed by atoms with van der Waals surface area (Å²) in [4.78, 5) is 27.8. The Labute approximate surface area is 218 Å². The van der Waals surface area contributed by atoms with Crippen molar-refractivity contribution in [3.63, 3.8) is 0 Å². The van der Waals surface area contributed by atoms with Gasteiger partial charge in [-0.25, -0.2) is 4.98 Å². The van der Waals surface area contributed by atoms with Crippen LogP contribution >= 0.6 is 11.3 Å². The highest BCUT2D eigenvalue weighted by molar-refractivity contribution is 7.15. The van der Waals surface area contributed by atoms with E-state index in [2.05, 4.69) is 68.8 Å². The van der Waals surface area contributed by atoms with Crippen LogP contribution < -0.4 is 5.32 Å². The summed E-state index contributed by atoms with van der Waals surface area (Å²) in [6.45, 7) is 7.76. The molecule has 3 N–H and O–H groups in total. The Morgan fingerprint density at radius 3 is 2.65 bits per heavy atom. The first kappa shape index (κ1) is 23.1. The maximum Gasteiger partial charge on any atom is 0.229 e. The van der Waals surface area contributed by atoms with Crippen LogP contribution in [0.15, 0.2) is 67.0 Å². The van der Waals surface area contributed by atoms with Gasteiger partial charge in [0.2, 0.25) is 5.91 Å². The zero-order valence-electron chi connectivity index (χ0n) is 21.0. The molecule has 5 aromatic heterocycles. The minimum absolute atomic E-state index is 0.0668. The van der Waals surface area contributed by atoms with Gasteiger partial charge in [0.05, 0.1) is 28.8 Å². The van der Waals surface area contributed by atoms with E-state index in [1.165, 1.54) is 15.3 Å². The van der Waals surface area contributed by atoms with E-state index in [1.54, 1.807) is 23.7 Å². The second kappa shape index (κ2) is 8.67. The summed E-state index contributed by atoms with van der Waals surface area (Å²) in [6, 6.07) is 18.6. The van der Waals surface area contributed by atoms with Crippen molar-refractivity contribution in [2.75, 3.05) is 5.32 Å². The van der Waals surface area contributed by atoms with Crippen LogP contribution in [0.3, 0.4) is 0 Å². The molecule has 0 bridgehead atoms. The highest BCUT2D eigenvalue weighted by atomic mass is 32.1. The van der Waals surface area contributed by atoms with Crippen molar-refractivity contribution in [2.24, 2.45) is 5.41 Å². The Hall–Kier alpha value is -4.30. The molecule has 0 saturated carbocycles. The van der Waals surface area contributed by atoms with Crippen LogP contribution in [-0.4, -0.2) is 31.1 Å². The molecule has 5 heterocycles. The third-order valence-corrected chi connectivity index (χ3v) is 7.34. The van der Waals surface area contributed by atoms with E-state index < -0.39 is 5.41 Å². The number of amides is 1. The topological polar surface area (TPSA) is 99.4 Å². The van der Waals surface area contributed by atoms with E-state index in [9.17, 15) is 4.79 Å². The highest BCUT2D eigenvalue weighted by Gasteiger charge is 2.21. The number of aryl methyl sites for hydroxylation is 1. The third kappa shape index (κ3) is 4.29. The molecule has 0 aliphatic carbocycles. The van der Waals surface area contributed by atoms with Gasteiger partial charge in [-0.1, -0.05) is 32.9 Å². The number of nitrogens with one attached hydrogen (secondary N) is 3. The molecule has 184 valence electrons. The Bertz CT molecular complexity index is 1790. The van der Waals surface area contributed by atoms with Gasteiger partial charge >= 0.3 is 0 Å². The lowest BCUT2D eigenvalue weighted by atomic mass is 9.95. The van der Waals surface area contributed by atoms with Crippen molar-refractivity contribution < 1.29 is 4.79 Å². The fourth-order valence-electron chi connectivity index (χ4n) is 4.29. The second-order valence-electron chi connectivity index (χ2n) is 10.2. The molecular formula is C29H26N6OS. The maximum absolute atomic E-state index is 12.4. The molecule has 7 nitrogen and oxygen atoms in total. The lowest BCUT2D eigenvalue weighted by molar-refractivity contribution is -0.123. The third-order valence-electron chi connectivity index (χ3n) is 6.31. The van der Waals surface area contributed by atoms with Crippen LogP contribution in [0, 0.1) is 12.3 Å². The van der Waals surface area contributed by atoms with Crippen LogP contribution in [0.25, 0.3) is 55.0 Å². The van der Waals surface area contributed by atoms with Crippen LogP contribution in [-0.2, 0) is 4.79 Å². The SMILES string of the molecule is Cc1ccc(-c2cccc3[nH]c(-c4n[nH]c5ccc(-c6cncc(NC(=O)C(C)(C)C)c6)nc45)cc23)s1. The lowest BCUT2D eigenvalue weighted by Gasteiger charge is -2.17. The molecular weight excluding hydrogens is 480 g/mol. The van der Waals surface area contributed by atoms with Crippen molar-refractivity contribution in [3.8, 4) is 33.1 Å². The van der Waals surface area contributed by atoms with Gasteiger partial charge in [-0.2, -0.15) is 5.10 Å². The first-order valence-electron chi connectivity index (χ1n) is 12.1. The smallest absolute Gasteiger partial charge is 0.229 e. The average molecular weight is 507 g/mol. The second-order valence-corrected chi connectivity index (χ2v) is 11.5. The number of pyridine rings is 2. The fraction of sp³-hybridized carbons (Fsp3) is 0.172. The van der Waals surface area contributed by atoms with Crippen molar-refractivity contribution in [3.05, 3.63) is 71.9 Å². The standard InChI is InChI=1S/C29H26N6OS/c1-16-8-11-25(37-16)19-6-5-7-22-20(19)13-24(32-22)27-26-23(34-35-27)10-9-21(33-26)17-12-18(15-30-14-17)31-28(36)29(2,3)4/h5-15,32H,1-4H3,(H,31,36)(H,34,35).